The first-order valence-electron chi connectivity index (χ1n) is 6.91. The Hall–Kier alpha value is -2.46. The zero-order valence-electron chi connectivity index (χ0n) is 12.1. The van der Waals surface area contributed by atoms with Gasteiger partial charge in [0.25, 0.3) is 0 Å². The molecule has 0 bridgehead atoms. The van der Waals surface area contributed by atoms with Gasteiger partial charge in [0.1, 0.15) is 11.4 Å². The van der Waals surface area contributed by atoms with E-state index in [1.54, 1.807) is 0 Å². The van der Waals surface area contributed by atoms with Gasteiger partial charge in [-0.1, -0.05) is 24.3 Å². The molecule has 0 radical (unpaired) electrons. The van der Waals surface area contributed by atoms with Crippen LogP contribution in [0.3, 0.4) is 0 Å². The van der Waals surface area contributed by atoms with Gasteiger partial charge < -0.3 is 10.1 Å². The Bertz CT molecular complexity index is 771. The highest BCUT2D eigenvalue weighted by Crippen LogP contribution is 2.24. The Labute approximate surface area is 123 Å². The van der Waals surface area contributed by atoms with Crippen molar-refractivity contribution in [1.29, 1.82) is 0 Å². The van der Waals surface area contributed by atoms with Crippen molar-refractivity contribution in [3.8, 4) is 11.6 Å². The summed E-state index contributed by atoms with van der Waals surface area (Å²) >= 11 is 0. The Morgan fingerprint density at radius 3 is 2.52 bits per heavy atom. The highest BCUT2D eigenvalue weighted by Gasteiger charge is 2.07. The molecule has 1 heterocycles. The summed E-state index contributed by atoms with van der Waals surface area (Å²) < 4.78 is 5.90. The summed E-state index contributed by atoms with van der Waals surface area (Å²) in [4.78, 5) is 9.08. The van der Waals surface area contributed by atoms with Crippen molar-refractivity contribution in [2.24, 2.45) is 0 Å². The average Bonchev–Trinajstić information content (AvgIpc) is 2.49. The van der Waals surface area contributed by atoms with Crippen molar-refractivity contribution in [2.45, 2.75) is 13.5 Å². The maximum absolute atomic E-state index is 5.90. The molecule has 3 rings (SSSR count). The minimum atomic E-state index is 0.551. The molecular formula is C17H17N3O. The van der Waals surface area contributed by atoms with E-state index in [1.807, 2.05) is 56.4 Å². The van der Waals surface area contributed by atoms with E-state index in [0.29, 0.717) is 5.88 Å². The first kappa shape index (κ1) is 13.5. The lowest BCUT2D eigenvalue weighted by Crippen LogP contribution is -2.04. The van der Waals surface area contributed by atoms with Gasteiger partial charge in [-0.05, 0) is 43.8 Å². The van der Waals surface area contributed by atoms with Gasteiger partial charge in [-0.25, -0.2) is 9.97 Å². The monoisotopic (exact) mass is 279 g/mol. The van der Waals surface area contributed by atoms with Crippen molar-refractivity contribution in [3.63, 3.8) is 0 Å². The van der Waals surface area contributed by atoms with E-state index >= 15 is 0 Å². The third kappa shape index (κ3) is 3.01. The molecule has 0 amide bonds. The molecule has 0 aliphatic carbocycles. The standard InChI is InChI=1S/C17H17N3O/c1-12-17(20-16-9-4-3-8-15(16)19-12)21-14-7-5-6-13(10-14)11-18-2/h3-10,18H,11H2,1-2H3. The SMILES string of the molecule is CNCc1cccc(Oc2nc3ccccc3nc2C)c1. The fourth-order valence-electron chi connectivity index (χ4n) is 2.20. The molecule has 0 aliphatic rings. The normalized spacial score (nSPS) is 10.8. The van der Waals surface area contributed by atoms with Crippen LogP contribution in [0.15, 0.2) is 48.5 Å². The molecule has 2 aromatic carbocycles. The number of para-hydroxylation sites is 2. The van der Waals surface area contributed by atoms with Gasteiger partial charge in [-0.15, -0.1) is 0 Å². The molecule has 0 unspecified atom stereocenters. The van der Waals surface area contributed by atoms with E-state index in [4.69, 9.17) is 4.74 Å². The summed E-state index contributed by atoms with van der Waals surface area (Å²) in [7, 11) is 1.92. The first-order chi connectivity index (χ1) is 10.3. The largest absolute Gasteiger partial charge is 0.437 e. The van der Waals surface area contributed by atoms with Crippen molar-refractivity contribution in [1.82, 2.24) is 15.3 Å². The zero-order chi connectivity index (χ0) is 14.7. The van der Waals surface area contributed by atoms with E-state index in [2.05, 4.69) is 21.4 Å². The molecule has 1 N–H and O–H groups in total. The number of aromatic nitrogens is 2. The predicted molar refractivity (Wildman–Crippen MR) is 83.6 cm³/mol. The lowest BCUT2D eigenvalue weighted by molar-refractivity contribution is 0.457. The van der Waals surface area contributed by atoms with Gasteiger partial charge >= 0.3 is 0 Å². The summed E-state index contributed by atoms with van der Waals surface area (Å²) in [5.41, 5.74) is 3.67. The van der Waals surface area contributed by atoms with Crippen LogP contribution in [0.25, 0.3) is 11.0 Å². The fourth-order valence-corrected chi connectivity index (χ4v) is 2.20. The van der Waals surface area contributed by atoms with Crippen LogP contribution in [0, 0.1) is 6.92 Å². The van der Waals surface area contributed by atoms with Crippen LogP contribution in [0.5, 0.6) is 11.6 Å². The molecule has 0 saturated carbocycles. The van der Waals surface area contributed by atoms with Crippen molar-refractivity contribution >= 4 is 11.0 Å². The Kier molecular flexibility index (Phi) is 3.79. The summed E-state index contributed by atoms with van der Waals surface area (Å²) in [5, 5.41) is 3.13. The zero-order valence-corrected chi connectivity index (χ0v) is 12.1. The van der Waals surface area contributed by atoms with Gasteiger partial charge in [0.05, 0.1) is 11.0 Å². The second kappa shape index (κ2) is 5.89. The Morgan fingerprint density at radius 2 is 1.76 bits per heavy atom. The predicted octanol–water partition coefficient (Wildman–Crippen LogP) is 3.45. The van der Waals surface area contributed by atoms with Gasteiger partial charge in [0, 0.05) is 6.54 Å². The number of ether oxygens (including phenoxy) is 1. The maximum Gasteiger partial charge on any atom is 0.241 e. The third-order valence-electron chi connectivity index (χ3n) is 3.20. The van der Waals surface area contributed by atoms with E-state index in [0.717, 1.165) is 29.0 Å². The molecule has 1 aromatic heterocycles. The molecule has 106 valence electrons. The van der Waals surface area contributed by atoms with E-state index in [9.17, 15) is 0 Å². The van der Waals surface area contributed by atoms with Crippen molar-refractivity contribution in [3.05, 3.63) is 59.8 Å². The van der Waals surface area contributed by atoms with Crippen LogP contribution in [0.1, 0.15) is 11.3 Å². The second-order valence-corrected chi connectivity index (χ2v) is 4.88. The van der Waals surface area contributed by atoms with E-state index in [-0.39, 0.29) is 0 Å². The van der Waals surface area contributed by atoms with Gasteiger partial charge in [-0.3, -0.25) is 0 Å². The molecule has 0 spiro atoms. The minimum absolute atomic E-state index is 0.551. The molecule has 4 heteroatoms. The third-order valence-corrected chi connectivity index (χ3v) is 3.20. The summed E-state index contributed by atoms with van der Waals surface area (Å²) in [6.07, 6.45) is 0. The quantitative estimate of drug-likeness (QED) is 0.794. The number of rotatable bonds is 4. The minimum Gasteiger partial charge on any atom is -0.437 e. The van der Waals surface area contributed by atoms with Crippen LogP contribution in [0.4, 0.5) is 0 Å². The van der Waals surface area contributed by atoms with Gasteiger partial charge in [-0.2, -0.15) is 0 Å². The van der Waals surface area contributed by atoms with Crippen molar-refractivity contribution in [2.75, 3.05) is 7.05 Å². The van der Waals surface area contributed by atoms with E-state index < -0.39 is 0 Å². The fraction of sp³-hybridized carbons (Fsp3) is 0.176. The molecule has 0 atom stereocenters. The number of fused-ring (bicyclic) bond motifs is 1. The van der Waals surface area contributed by atoms with Gasteiger partial charge in [0.2, 0.25) is 5.88 Å². The Morgan fingerprint density at radius 1 is 1.00 bits per heavy atom. The highest BCUT2D eigenvalue weighted by atomic mass is 16.5. The van der Waals surface area contributed by atoms with Crippen LogP contribution < -0.4 is 10.1 Å². The summed E-state index contributed by atoms with van der Waals surface area (Å²) in [5.74, 6) is 1.32. The van der Waals surface area contributed by atoms with Crippen LogP contribution in [-0.2, 0) is 6.54 Å². The average molecular weight is 279 g/mol. The molecule has 3 aromatic rings. The number of aryl methyl sites for hydroxylation is 1. The molecule has 4 nitrogen and oxygen atoms in total. The molecule has 0 aliphatic heterocycles. The highest BCUT2D eigenvalue weighted by molar-refractivity contribution is 5.74. The molecular weight excluding hydrogens is 262 g/mol. The summed E-state index contributed by atoms with van der Waals surface area (Å²) in [6.45, 7) is 2.71. The van der Waals surface area contributed by atoms with Crippen LogP contribution in [0.2, 0.25) is 0 Å². The summed E-state index contributed by atoms with van der Waals surface area (Å²) in [6, 6.07) is 15.8. The van der Waals surface area contributed by atoms with Gasteiger partial charge in [0.15, 0.2) is 0 Å². The second-order valence-electron chi connectivity index (χ2n) is 4.88. The maximum atomic E-state index is 5.90. The van der Waals surface area contributed by atoms with Crippen LogP contribution in [-0.4, -0.2) is 17.0 Å². The van der Waals surface area contributed by atoms with Crippen LogP contribution >= 0.6 is 0 Å². The molecule has 0 saturated heterocycles. The smallest absolute Gasteiger partial charge is 0.241 e. The number of nitrogens with one attached hydrogen (secondary N) is 1. The number of hydrogen-bond acceptors (Lipinski definition) is 4. The van der Waals surface area contributed by atoms with Crippen molar-refractivity contribution < 1.29 is 4.74 Å². The van der Waals surface area contributed by atoms with E-state index in [1.165, 1.54) is 5.56 Å². The number of hydrogen-bond donors (Lipinski definition) is 1. The number of benzene rings is 2. The molecule has 21 heavy (non-hydrogen) atoms. The first-order valence-corrected chi connectivity index (χ1v) is 6.91. The molecule has 0 fully saturated rings. The topological polar surface area (TPSA) is 47.0 Å². The Balaban J connectivity index is 1.94. The lowest BCUT2D eigenvalue weighted by atomic mass is 10.2. The lowest BCUT2D eigenvalue weighted by Gasteiger charge is -2.09. The number of nitrogens with zero attached hydrogens (tertiary/aromatic N) is 2.